The third-order valence-corrected chi connectivity index (χ3v) is 4.16. The number of carbonyl (C=O) groups is 1. The Morgan fingerprint density at radius 1 is 1.00 bits per heavy atom. The van der Waals surface area contributed by atoms with Gasteiger partial charge in [-0.3, -0.25) is 0 Å². The predicted octanol–water partition coefficient (Wildman–Crippen LogP) is 4.51. The monoisotopic (exact) mass is 373 g/mol. The Morgan fingerprint density at radius 2 is 1.67 bits per heavy atom. The highest BCUT2D eigenvalue weighted by Gasteiger charge is 2.11. The molecule has 0 heterocycles. The molecule has 0 fully saturated rings. The van der Waals surface area contributed by atoms with Crippen molar-refractivity contribution < 1.29 is 23.9 Å². The van der Waals surface area contributed by atoms with Crippen molar-refractivity contribution in [3.63, 3.8) is 0 Å². The Kier molecular flexibility index (Phi) is 8.29. The van der Waals surface area contributed by atoms with Gasteiger partial charge in [0.05, 0.1) is 7.11 Å². The third-order valence-electron chi connectivity index (χ3n) is 4.16. The average molecular weight is 373 g/mol. The molecule has 0 aliphatic heterocycles. The summed E-state index contributed by atoms with van der Waals surface area (Å²) in [5.74, 6) is -0.0769. The molecular formula is C21H24FNO4. The third kappa shape index (κ3) is 7.09. The van der Waals surface area contributed by atoms with Crippen molar-refractivity contribution in [1.82, 2.24) is 0 Å². The van der Waals surface area contributed by atoms with Gasteiger partial charge in [0.15, 0.2) is 5.71 Å². The Balaban J connectivity index is 1.68. The molecule has 0 aliphatic carbocycles. The second-order valence-corrected chi connectivity index (χ2v) is 6.16. The molecular weight excluding hydrogens is 349 g/mol. The summed E-state index contributed by atoms with van der Waals surface area (Å²) in [6.45, 7) is 0.397. The zero-order valence-corrected chi connectivity index (χ0v) is 15.4. The molecule has 0 saturated heterocycles. The number of nitrogens with zero attached hydrogens (tertiary/aromatic N) is 1. The van der Waals surface area contributed by atoms with Crippen molar-refractivity contribution in [1.29, 1.82) is 0 Å². The van der Waals surface area contributed by atoms with E-state index in [1.165, 1.54) is 24.8 Å². The van der Waals surface area contributed by atoms with Crippen LogP contribution in [0.5, 0.6) is 5.75 Å². The van der Waals surface area contributed by atoms with Crippen molar-refractivity contribution in [2.45, 2.75) is 38.7 Å². The van der Waals surface area contributed by atoms with Gasteiger partial charge in [-0.2, -0.15) is 0 Å². The first kappa shape index (κ1) is 20.4. The Labute approximate surface area is 158 Å². The number of ether oxygens (including phenoxy) is 2. The van der Waals surface area contributed by atoms with E-state index < -0.39 is 5.97 Å². The summed E-state index contributed by atoms with van der Waals surface area (Å²) in [7, 11) is 1.26. The zero-order chi connectivity index (χ0) is 19.5. The molecule has 0 spiro atoms. The lowest BCUT2D eigenvalue weighted by molar-refractivity contribution is -0.133. The summed E-state index contributed by atoms with van der Waals surface area (Å²) in [6, 6.07) is 14.1. The molecule has 0 unspecified atom stereocenters. The summed E-state index contributed by atoms with van der Waals surface area (Å²) in [5, 5.41) is 11.8. The number of rotatable bonds is 10. The molecule has 0 atom stereocenters. The van der Waals surface area contributed by atoms with Gasteiger partial charge in [-0.15, -0.1) is 0 Å². The molecule has 6 heteroatoms. The Bertz CT molecular complexity index is 742. The number of halogens is 1. The van der Waals surface area contributed by atoms with E-state index in [1.54, 1.807) is 12.1 Å². The van der Waals surface area contributed by atoms with Crippen molar-refractivity contribution in [2.24, 2.45) is 5.16 Å². The molecule has 2 aromatic carbocycles. The SMILES string of the molecule is COC(=O)C(CCCCCc1ccc(OCc2ccc(F)cc2)cc1)=NO. The lowest BCUT2D eigenvalue weighted by Crippen LogP contribution is -2.15. The average Bonchev–Trinajstić information content (AvgIpc) is 2.70. The number of unbranched alkanes of at least 4 members (excludes halogenated alkanes) is 2. The number of methoxy groups -OCH3 is 1. The minimum absolute atomic E-state index is 0.0557. The molecule has 144 valence electrons. The molecule has 2 rings (SSSR count). The van der Waals surface area contributed by atoms with Crippen LogP contribution in [-0.4, -0.2) is 24.0 Å². The topological polar surface area (TPSA) is 68.1 Å². The molecule has 5 nitrogen and oxygen atoms in total. The van der Waals surface area contributed by atoms with Gasteiger partial charge in [-0.25, -0.2) is 9.18 Å². The summed E-state index contributed by atoms with van der Waals surface area (Å²) in [6.07, 6.45) is 3.96. The van der Waals surface area contributed by atoms with E-state index in [-0.39, 0.29) is 11.5 Å². The van der Waals surface area contributed by atoms with Gasteiger partial charge in [0, 0.05) is 6.42 Å². The van der Waals surface area contributed by atoms with Crippen LogP contribution in [0.25, 0.3) is 0 Å². The lowest BCUT2D eigenvalue weighted by atomic mass is 10.0. The fourth-order valence-corrected chi connectivity index (χ4v) is 2.61. The van der Waals surface area contributed by atoms with Gasteiger partial charge >= 0.3 is 5.97 Å². The van der Waals surface area contributed by atoms with Crippen LogP contribution in [-0.2, 0) is 22.6 Å². The highest BCUT2D eigenvalue weighted by Crippen LogP contribution is 2.16. The second-order valence-electron chi connectivity index (χ2n) is 6.16. The van der Waals surface area contributed by atoms with E-state index in [0.717, 1.165) is 37.0 Å². The standard InChI is InChI=1S/C21H24FNO4/c1-26-21(24)20(23-25)6-4-2-3-5-16-9-13-19(14-10-16)27-15-17-7-11-18(22)12-8-17/h7-14,25H,2-6,15H2,1H3. The quantitative estimate of drug-likeness (QED) is 0.219. The predicted molar refractivity (Wildman–Crippen MR) is 101 cm³/mol. The van der Waals surface area contributed by atoms with Crippen molar-refractivity contribution >= 4 is 11.7 Å². The van der Waals surface area contributed by atoms with E-state index >= 15 is 0 Å². The molecule has 0 aliphatic rings. The first-order chi connectivity index (χ1) is 13.1. The molecule has 1 N–H and O–H groups in total. The van der Waals surface area contributed by atoms with E-state index in [9.17, 15) is 9.18 Å². The Morgan fingerprint density at radius 3 is 2.30 bits per heavy atom. The molecule has 0 radical (unpaired) electrons. The minimum Gasteiger partial charge on any atom is -0.489 e. The molecule has 2 aromatic rings. The highest BCUT2D eigenvalue weighted by atomic mass is 19.1. The Hall–Kier alpha value is -2.89. The zero-order valence-electron chi connectivity index (χ0n) is 15.4. The van der Waals surface area contributed by atoms with Crippen LogP contribution in [0, 0.1) is 5.82 Å². The number of carbonyl (C=O) groups excluding carboxylic acids is 1. The molecule has 0 saturated carbocycles. The largest absolute Gasteiger partial charge is 0.489 e. The van der Waals surface area contributed by atoms with Crippen LogP contribution in [0.15, 0.2) is 53.7 Å². The van der Waals surface area contributed by atoms with Gasteiger partial charge in [-0.05, 0) is 54.7 Å². The first-order valence-corrected chi connectivity index (χ1v) is 8.88. The van der Waals surface area contributed by atoms with Gasteiger partial charge in [0.2, 0.25) is 0 Å². The summed E-state index contributed by atoms with van der Waals surface area (Å²) in [4.78, 5) is 11.3. The maximum atomic E-state index is 12.9. The normalized spacial score (nSPS) is 11.3. The highest BCUT2D eigenvalue weighted by molar-refractivity contribution is 6.36. The fraction of sp³-hybridized carbons (Fsp3) is 0.333. The maximum absolute atomic E-state index is 12.9. The summed E-state index contributed by atoms with van der Waals surface area (Å²) < 4.78 is 23.1. The molecule has 0 aromatic heterocycles. The number of hydrogen-bond acceptors (Lipinski definition) is 5. The van der Waals surface area contributed by atoms with Crippen LogP contribution in [0.1, 0.15) is 36.8 Å². The number of esters is 1. The molecule has 0 bridgehead atoms. The van der Waals surface area contributed by atoms with Crippen LogP contribution in [0.2, 0.25) is 0 Å². The van der Waals surface area contributed by atoms with Crippen molar-refractivity contribution in [3.8, 4) is 5.75 Å². The van der Waals surface area contributed by atoms with E-state index in [4.69, 9.17) is 9.94 Å². The van der Waals surface area contributed by atoms with Crippen LogP contribution < -0.4 is 4.74 Å². The fourth-order valence-electron chi connectivity index (χ4n) is 2.61. The van der Waals surface area contributed by atoms with Gasteiger partial charge in [0.25, 0.3) is 0 Å². The lowest BCUT2D eigenvalue weighted by Gasteiger charge is -2.08. The number of hydrogen-bond donors (Lipinski definition) is 1. The molecule has 0 amide bonds. The minimum atomic E-state index is -0.589. The van der Waals surface area contributed by atoms with Crippen LogP contribution in [0.3, 0.4) is 0 Å². The first-order valence-electron chi connectivity index (χ1n) is 8.88. The molecule has 27 heavy (non-hydrogen) atoms. The van der Waals surface area contributed by atoms with Gasteiger partial charge in [0.1, 0.15) is 18.2 Å². The van der Waals surface area contributed by atoms with Gasteiger partial charge < -0.3 is 14.7 Å². The van der Waals surface area contributed by atoms with E-state index in [2.05, 4.69) is 9.89 Å². The number of aryl methyl sites for hydroxylation is 1. The second kappa shape index (κ2) is 11.0. The number of oxime groups is 1. The number of benzene rings is 2. The summed E-state index contributed by atoms with van der Waals surface area (Å²) in [5.41, 5.74) is 2.17. The van der Waals surface area contributed by atoms with Gasteiger partial charge in [-0.1, -0.05) is 35.8 Å². The summed E-state index contributed by atoms with van der Waals surface area (Å²) >= 11 is 0. The smallest absolute Gasteiger partial charge is 0.355 e. The van der Waals surface area contributed by atoms with E-state index in [1.807, 2.05) is 24.3 Å². The van der Waals surface area contributed by atoms with E-state index in [0.29, 0.717) is 13.0 Å². The van der Waals surface area contributed by atoms with Crippen molar-refractivity contribution in [3.05, 3.63) is 65.5 Å². The van der Waals surface area contributed by atoms with Crippen molar-refractivity contribution in [2.75, 3.05) is 7.11 Å². The van der Waals surface area contributed by atoms with Crippen LogP contribution in [0.4, 0.5) is 4.39 Å². The maximum Gasteiger partial charge on any atom is 0.355 e. The van der Waals surface area contributed by atoms with Crippen LogP contribution >= 0.6 is 0 Å².